The molecule has 0 bridgehead atoms. The Kier molecular flexibility index (Phi) is 6.05. The normalized spacial score (nSPS) is 47.6. The fourth-order valence-electron chi connectivity index (χ4n) is 10.3. The molecule has 4 fully saturated rings. The zero-order chi connectivity index (χ0) is 22.8. The lowest BCUT2D eigenvalue weighted by Gasteiger charge is -2.66. The van der Waals surface area contributed by atoms with Crippen molar-refractivity contribution in [3.05, 3.63) is 0 Å². The highest BCUT2D eigenvalue weighted by atomic mass is 16.1. The van der Waals surface area contributed by atoms with E-state index < -0.39 is 0 Å². The molecule has 178 valence electrons. The van der Waals surface area contributed by atoms with Crippen LogP contribution < -0.4 is 0 Å². The molecule has 0 N–H and O–H groups in total. The molecule has 4 aliphatic carbocycles. The molecule has 0 heterocycles. The van der Waals surface area contributed by atoms with Crippen LogP contribution in [-0.4, -0.2) is 5.78 Å². The Morgan fingerprint density at radius 2 is 1.48 bits per heavy atom. The highest BCUT2D eigenvalue weighted by molar-refractivity contribution is 5.85. The molecule has 0 spiro atoms. The van der Waals surface area contributed by atoms with Crippen molar-refractivity contribution in [1.82, 2.24) is 0 Å². The second-order valence-electron chi connectivity index (χ2n) is 14.3. The third-order valence-electron chi connectivity index (χ3n) is 12.4. The van der Waals surface area contributed by atoms with Crippen LogP contribution in [0.25, 0.3) is 0 Å². The van der Waals surface area contributed by atoms with Crippen molar-refractivity contribution in [2.75, 3.05) is 0 Å². The van der Waals surface area contributed by atoms with Crippen molar-refractivity contribution < 1.29 is 4.79 Å². The Labute approximate surface area is 193 Å². The van der Waals surface area contributed by atoms with Crippen LogP contribution in [0.5, 0.6) is 0 Å². The van der Waals surface area contributed by atoms with Gasteiger partial charge in [0.15, 0.2) is 0 Å². The monoisotopic (exact) mass is 428 g/mol. The van der Waals surface area contributed by atoms with Gasteiger partial charge in [-0.1, -0.05) is 74.7 Å². The van der Waals surface area contributed by atoms with E-state index in [0.717, 1.165) is 42.4 Å². The number of hydrogen-bond acceptors (Lipinski definition) is 1. The van der Waals surface area contributed by atoms with E-state index in [4.69, 9.17) is 0 Å². The highest BCUT2D eigenvalue weighted by Crippen LogP contribution is 2.74. The van der Waals surface area contributed by atoms with Crippen LogP contribution in [0.4, 0.5) is 0 Å². The lowest BCUT2D eigenvalue weighted by Crippen LogP contribution is -2.61. The minimum absolute atomic E-state index is 0.108. The molecule has 31 heavy (non-hydrogen) atoms. The number of Topliss-reactive ketones (excluding diaryl/α,β-unsaturated/α-hetero) is 1. The molecule has 0 aromatic heterocycles. The minimum atomic E-state index is -0.108. The molecule has 4 saturated carbocycles. The predicted molar refractivity (Wildman–Crippen MR) is 132 cm³/mol. The zero-order valence-corrected chi connectivity index (χ0v) is 22.2. The first-order valence-corrected chi connectivity index (χ1v) is 13.9. The maximum absolute atomic E-state index is 12.8. The van der Waals surface area contributed by atoms with Crippen molar-refractivity contribution in [3.8, 4) is 0 Å². The van der Waals surface area contributed by atoms with Gasteiger partial charge >= 0.3 is 0 Å². The Bertz CT molecular complexity index is 691. The summed E-state index contributed by atoms with van der Waals surface area (Å²) in [4.78, 5) is 12.8. The van der Waals surface area contributed by atoms with Gasteiger partial charge < -0.3 is 0 Å². The van der Waals surface area contributed by atoms with E-state index >= 15 is 0 Å². The molecule has 4 aliphatic rings. The van der Waals surface area contributed by atoms with E-state index in [9.17, 15) is 4.79 Å². The standard InChI is InChI=1S/C30H52O/c1-20(2)10-9-11-21(3)22-14-18-30(8)24-12-13-25-27(4,5)26(31)16-17-28(25,6)23(24)15-19-29(22,30)7/h20-25H,9-19H2,1-8H3/t21-,22-,23?,24?,25+,28-,29-,30+/m1/s1. The second kappa shape index (κ2) is 7.87. The molecule has 0 amide bonds. The molecular formula is C30H52O. The fraction of sp³-hybridized carbons (Fsp3) is 0.967. The number of rotatable bonds is 5. The molecular weight excluding hydrogens is 376 g/mol. The third kappa shape index (κ3) is 3.41. The van der Waals surface area contributed by atoms with Gasteiger partial charge in [-0.25, -0.2) is 0 Å². The van der Waals surface area contributed by atoms with Crippen LogP contribution in [-0.2, 0) is 4.79 Å². The summed E-state index contributed by atoms with van der Waals surface area (Å²) in [6.45, 7) is 19.9. The van der Waals surface area contributed by atoms with Crippen molar-refractivity contribution >= 4 is 5.78 Å². The van der Waals surface area contributed by atoms with E-state index in [1.807, 2.05) is 0 Å². The van der Waals surface area contributed by atoms with Crippen LogP contribution >= 0.6 is 0 Å². The minimum Gasteiger partial charge on any atom is -0.299 e. The molecule has 0 saturated heterocycles. The topological polar surface area (TPSA) is 17.1 Å². The summed E-state index contributed by atoms with van der Waals surface area (Å²) < 4.78 is 0. The Balaban J connectivity index is 1.56. The van der Waals surface area contributed by atoms with E-state index in [1.165, 1.54) is 57.8 Å². The predicted octanol–water partition coefficient (Wildman–Crippen LogP) is 8.70. The smallest absolute Gasteiger partial charge is 0.138 e. The van der Waals surface area contributed by atoms with Crippen LogP contribution in [0.15, 0.2) is 0 Å². The SMILES string of the molecule is CC(C)CCC[C@@H](C)[C@H]1CC[C@@]2(C)C3CC[C@H]4C(C)(C)C(=O)CC[C@]4(C)C3CC[C@]12C. The Morgan fingerprint density at radius 3 is 2.16 bits per heavy atom. The van der Waals surface area contributed by atoms with Gasteiger partial charge in [-0.2, -0.15) is 0 Å². The zero-order valence-electron chi connectivity index (χ0n) is 22.2. The molecule has 0 radical (unpaired) electrons. The fourth-order valence-corrected chi connectivity index (χ4v) is 10.3. The summed E-state index contributed by atoms with van der Waals surface area (Å²) in [5.41, 5.74) is 1.30. The molecule has 1 heteroatoms. The summed E-state index contributed by atoms with van der Waals surface area (Å²) in [6, 6.07) is 0. The maximum Gasteiger partial charge on any atom is 0.138 e. The van der Waals surface area contributed by atoms with Crippen molar-refractivity contribution in [2.24, 2.45) is 57.2 Å². The van der Waals surface area contributed by atoms with E-state index in [1.54, 1.807) is 0 Å². The first-order chi connectivity index (χ1) is 14.4. The molecule has 4 rings (SSSR count). The van der Waals surface area contributed by atoms with E-state index in [2.05, 4.69) is 55.4 Å². The van der Waals surface area contributed by atoms with Crippen LogP contribution in [0.2, 0.25) is 0 Å². The van der Waals surface area contributed by atoms with Gasteiger partial charge in [-0.05, 0) is 96.7 Å². The van der Waals surface area contributed by atoms with Gasteiger partial charge in [0.1, 0.15) is 5.78 Å². The molecule has 8 atom stereocenters. The van der Waals surface area contributed by atoms with Crippen molar-refractivity contribution in [2.45, 2.75) is 126 Å². The number of carbonyl (C=O) groups excluding carboxylic acids is 1. The van der Waals surface area contributed by atoms with E-state index in [0.29, 0.717) is 27.9 Å². The Hall–Kier alpha value is -0.330. The summed E-state index contributed by atoms with van der Waals surface area (Å²) in [6.07, 6.45) is 14.6. The van der Waals surface area contributed by atoms with Crippen LogP contribution in [0.3, 0.4) is 0 Å². The van der Waals surface area contributed by atoms with Crippen molar-refractivity contribution in [3.63, 3.8) is 0 Å². The van der Waals surface area contributed by atoms with Gasteiger partial charge in [-0.3, -0.25) is 4.79 Å². The molecule has 0 aromatic rings. The third-order valence-corrected chi connectivity index (χ3v) is 12.4. The van der Waals surface area contributed by atoms with Gasteiger partial charge in [0.2, 0.25) is 0 Å². The van der Waals surface area contributed by atoms with E-state index in [-0.39, 0.29) is 5.41 Å². The van der Waals surface area contributed by atoms with Gasteiger partial charge in [0.05, 0.1) is 0 Å². The first-order valence-electron chi connectivity index (χ1n) is 13.9. The maximum atomic E-state index is 12.8. The van der Waals surface area contributed by atoms with Crippen molar-refractivity contribution in [1.29, 1.82) is 0 Å². The Morgan fingerprint density at radius 1 is 0.806 bits per heavy atom. The number of hydrogen-bond donors (Lipinski definition) is 0. The summed E-state index contributed by atoms with van der Waals surface area (Å²) in [5.74, 6) is 5.49. The van der Waals surface area contributed by atoms with Crippen LogP contribution in [0, 0.1) is 57.2 Å². The molecule has 0 aromatic carbocycles. The average Bonchev–Trinajstić information content (AvgIpc) is 2.96. The molecule has 1 nitrogen and oxygen atoms in total. The average molecular weight is 429 g/mol. The first kappa shape index (κ1) is 23.8. The lowest BCUT2D eigenvalue weighted by molar-refractivity contribution is -0.183. The molecule has 0 aliphatic heterocycles. The van der Waals surface area contributed by atoms with Gasteiger partial charge in [0.25, 0.3) is 0 Å². The highest BCUT2D eigenvalue weighted by Gasteiger charge is 2.67. The van der Waals surface area contributed by atoms with Gasteiger partial charge in [0, 0.05) is 11.8 Å². The number of fused-ring (bicyclic) bond motifs is 5. The summed E-state index contributed by atoms with van der Waals surface area (Å²) in [7, 11) is 0. The van der Waals surface area contributed by atoms with Crippen LogP contribution in [0.1, 0.15) is 126 Å². The summed E-state index contributed by atoms with van der Waals surface area (Å²) in [5, 5.41) is 0. The lowest BCUT2D eigenvalue weighted by atomic mass is 9.38. The molecule has 2 unspecified atom stereocenters. The second-order valence-corrected chi connectivity index (χ2v) is 14.3. The number of carbonyl (C=O) groups is 1. The quantitative estimate of drug-likeness (QED) is 0.428. The largest absolute Gasteiger partial charge is 0.299 e. The van der Waals surface area contributed by atoms with Gasteiger partial charge in [-0.15, -0.1) is 0 Å². The summed E-state index contributed by atoms with van der Waals surface area (Å²) >= 11 is 0. The number of ketones is 1.